The molecule has 0 aromatic heterocycles. The predicted molar refractivity (Wildman–Crippen MR) is 54.8 cm³/mol. The number of halogens is 2. The maximum atomic E-state index is 12.4. The predicted octanol–water partition coefficient (Wildman–Crippen LogP) is 2.22. The first-order valence-corrected chi connectivity index (χ1v) is 5.14. The number of hydroxylamine groups is 1. The van der Waals surface area contributed by atoms with Crippen LogP contribution in [0.1, 0.15) is 27.7 Å². The summed E-state index contributed by atoms with van der Waals surface area (Å²) in [4.78, 5) is 5.12. The smallest absolute Gasteiger partial charge is 0.268 e. The van der Waals surface area contributed by atoms with Gasteiger partial charge in [-0.15, -0.1) is 0 Å². The summed E-state index contributed by atoms with van der Waals surface area (Å²) in [7, 11) is 0. The molecule has 0 saturated heterocycles. The molecule has 0 spiro atoms. The highest BCUT2D eigenvalue weighted by atomic mass is 19.3. The second-order valence-corrected chi connectivity index (χ2v) is 4.31. The van der Waals surface area contributed by atoms with Gasteiger partial charge in [0, 0.05) is 6.92 Å². The molecule has 5 heteroatoms. The third-order valence-electron chi connectivity index (χ3n) is 1.42. The topological polar surface area (TPSA) is 30.5 Å². The molecular weight excluding hydrogens is 204 g/mol. The van der Waals surface area contributed by atoms with Gasteiger partial charge in [0.15, 0.2) is 0 Å². The molecule has 0 aliphatic carbocycles. The quantitative estimate of drug-likeness (QED) is 0.642. The van der Waals surface area contributed by atoms with Crippen molar-refractivity contribution >= 4 is 0 Å². The first kappa shape index (κ1) is 14.7. The molecule has 0 aromatic carbocycles. The SMILES string of the molecule is CC(C)CON[C@H](C)COCC(C)(F)F. The van der Waals surface area contributed by atoms with E-state index in [0.29, 0.717) is 12.5 Å². The van der Waals surface area contributed by atoms with E-state index in [9.17, 15) is 8.78 Å². The molecule has 0 amide bonds. The van der Waals surface area contributed by atoms with Crippen molar-refractivity contribution in [3.63, 3.8) is 0 Å². The highest BCUT2D eigenvalue weighted by Gasteiger charge is 2.21. The Morgan fingerprint density at radius 1 is 1.20 bits per heavy atom. The second-order valence-electron chi connectivity index (χ2n) is 4.31. The first-order valence-electron chi connectivity index (χ1n) is 5.14. The Labute approximate surface area is 90.1 Å². The number of nitrogens with one attached hydrogen (secondary N) is 1. The maximum Gasteiger partial charge on any atom is 0.268 e. The Bertz CT molecular complexity index is 160. The van der Waals surface area contributed by atoms with Crippen molar-refractivity contribution in [2.24, 2.45) is 5.92 Å². The van der Waals surface area contributed by atoms with E-state index in [4.69, 9.17) is 9.57 Å². The number of ether oxygens (including phenoxy) is 1. The largest absolute Gasteiger partial charge is 0.374 e. The fourth-order valence-corrected chi connectivity index (χ4v) is 0.806. The summed E-state index contributed by atoms with van der Waals surface area (Å²) >= 11 is 0. The van der Waals surface area contributed by atoms with Crippen molar-refractivity contribution in [1.82, 2.24) is 5.48 Å². The summed E-state index contributed by atoms with van der Waals surface area (Å²) in [6, 6.07) is -0.0916. The molecule has 0 heterocycles. The first-order chi connectivity index (χ1) is 6.81. The third-order valence-corrected chi connectivity index (χ3v) is 1.42. The lowest BCUT2D eigenvalue weighted by Crippen LogP contribution is -2.33. The lowest BCUT2D eigenvalue weighted by molar-refractivity contribution is -0.0785. The Hall–Kier alpha value is -0.260. The monoisotopic (exact) mass is 225 g/mol. The fourth-order valence-electron chi connectivity index (χ4n) is 0.806. The molecule has 1 atom stereocenters. The summed E-state index contributed by atoms with van der Waals surface area (Å²) in [5.41, 5.74) is 2.73. The van der Waals surface area contributed by atoms with E-state index in [2.05, 4.69) is 5.48 Å². The standard InChI is InChI=1S/C10H21F2NO2/c1-8(2)5-15-13-9(3)6-14-7-10(4,11)12/h8-9,13H,5-7H2,1-4H3/t9-/m1/s1. The van der Waals surface area contributed by atoms with E-state index in [1.54, 1.807) is 0 Å². The normalized spacial score (nSPS) is 14.6. The van der Waals surface area contributed by atoms with Gasteiger partial charge in [0.1, 0.15) is 6.61 Å². The Morgan fingerprint density at radius 2 is 1.80 bits per heavy atom. The van der Waals surface area contributed by atoms with Crippen LogP contribution >= 0.6 is 0 Å². The van der Waals surface area contributed by atoms with Crippen LogP contribution in [0.2, 0.25) is 0 Å². The maximum absolute atomic E-state index is 12.4. The van der Waals surface area contributed by atoms with Crippen LogP contribution in [-0.2, 0) is 9.57 Å². The van der Waals surface area contributed by atoms with Gasteiger partial charge in [0.2, 0.25) is 0 Å². The summed E-state index contributed by atoms with van der Waals surface area (Å²) in [5, 5.41) is 0. The van der Waals surface area contributed by atoms with Crippen molar-refractivity contribution in [2.45, 2.75) is 39.7 Å². The molecule has 0 aliphatic rings. The minimum absolute atomic E-state index is 0.0916. The van der Waals surface area contributed by atoms with Crippen LogP contribution in [0.4, 0.5) is 8.78 Å². The van der Waals surface area contributed by atoms with Crippen LogP contribution < -0.4 is 5.48 Å². The van der Waals surface area contributed by atoms with E-state index >= 15 is 0 Å². The Kier molecular flexibility index (Phi) is 6.96. The highest BCUT2D eigenvalue weighted by Crippen LogP contribution is 2.11. The van der Waals surface area contributed by atoms with Crippen LogP contribution in [0.3, 0.4) is 0 Å². The molecule has 0 rings (SSSR count). The van der Waals surface area contributed by atoms with E-state index in [0.717, 1.165) is 6.92 Å². The summed E-state index contributed by atoms with van der Waals surface area (Å²) in [6.45, 7) is 6.95. The van der Waals surface area contributed by atoms with E-state index in [1.165, 1.54) is 0 Å². The van der Waals surface area contributed by atoms with Crippen LogP contribution in [0.15, 0.2) is 0 Å². The van der Waals surface area contributed by atoms with Crippen LogP contribution in [0.5, 0.6) is 0 Å². The molecule has 92 valence electrons. The molecule has 0 aliphatic heterocycles. The van der Waals surface area contributed by atoms with Gasteiger partial charge in [-0.05, 0) is 12.8 Å². The number of hydrogen-bond donors (Lipinski definition) is 1. The van der Waals surface area contributed by atoms with Gasteiger partial charge in [0.05, 0.1) is 19.3 Å². The molecule has 0 saturated carbocycles. The summed E-state index contributed by atoms with van der Waals surface area (Å²) in [6.07, 6.45) is 0. The average molecular weight is 225 g/mol. The van der Waals surface area contributed by atoms with Gasteiger partial charge in [-0.2, -0.15) is 5.48 Å². The van der Waals surface area contributed by atoms with Gasteiger partial charge in [0.25, 0.3) is 5.92 Å². The van der Waals surface area contributed by atoms with E-state index < -0.39 is 12.5 Å². The molecule has 1 N–H and O–H groups in total. The van der Waals surface area contributed by atoms with Gasteiger partial charge < -0.3 is 9.57 Å². The molecule has 0 bridgehead atoms. The zero-order valence-electron chi connectivity index (χ0n) is 9.85. The Balaban J connectivity index is 3.37. The molecule has 0 fully saturated rings. The average Bonchev–Trinajstić information content (AvgIpc) is 2.00. The van der Waals surface area contributed by atoms with Crippen molar-refractivity contribution in [3.05, 3.63) is 0 Å². The molecule has 15 heavy (non-hydrogen) atoms. The van der Waals surface area contributed by atoms with Crippen LogP contribution in [-0.4, -0.2) is 31.8 Å². The van der Waals surface area contributed by atoms with Crippen molar-refractivity contribution in [2.75, 3.05) is 19.8 Å². The van der Waals surface area contributed by atoms with E-state index in [1.807, 2.05) is 20.8 Å². The van der Waals surface area contributed by atoms with Crippen LogP contribution in [0, 0.1) is 5.92 Å². The highest BCUT2D eigenvalue weighted by molar-refractivity contribution is 4.58. The molecule has 0 aromatic rings. The summed E-state index contributed by atoms with van der Waals surface area (Å²) < 4.78 is 29.5. The molecule has 0 radical (unpaired) electrons. The van der Waals surface area contributed by atoms with Gasteiger partial charge >= 0.3 is 0 Å². The minimum Gasteiger partial charge on any atom is -0.374 e. The number of alkyl halides is 2. The van der Waals surface area contributed by atoms with Gasteiger partial charge in [-0.3, -0.25) is 0 Å². The van der Waals surface area contributed by atoms with Crippen molar-refractivity contribution in [1.29, 1.82) is 0 Å². The lowest BCUT2D eigenvalue weighted by Gasteiger charge is -2.16. The molecule has 0 unspecified atom stereocenters. The summed E-state index contributed by atoms with van der Waals surface area (Å²) in [5.74, 6) is -2.33. The second kappa shape index (κ2) is 7.09. The number of hydrogen-bond acceptors (Lipinski definition) is 3. The van der Waals surface area contributed by atoms with Crippen molar-refractivity contribution < 1.29 is 18.4 Å². The fraction of sp³-hybridized carbons (Fsp3) is 1.00. The minimum atomic E-state index is -2.77. The zero-order valence-corrected chi connectivity index (χ0v) is 9.85. The molecule has 3 nitrogen and oxygen atoms in total. The zero-order chi connectivity index (χ0) is 11.9. The Morgan fingerprint density at radius 3 is 2.27 bits per heavy atom. The molecular formula is C10H21F2NO2. The van der Waals surface area contributed by atoms with Gasteiger partial charge in [-0.25, -0.2) is 8.78 Å². The lowest BCUT2D eigenvalue weighted by atomic mass is 10.2. The van der Waals surface area contributed by atoms with Crippen molar-refractivity contribution in [3.8, 4) is 0 Å². The van der Waals surface area contributed by atoms with Gasteiger partial charge in [-0.1, -0.05) is 13.8 Å². The van der Waals surface area contributed by atoms with Crippen LogP contribution in [0.25, 0.3) is 0 Å². The third kappa shape index (κ3) is 11.7. The van der Waals surface area contributed by atoms with E-state index in [-0.39, 0.29) is 12.6 Å². The number of rotatable bonds is 8.